The molecule has 0 bridgehead atoms. The number of hydrogen-bond donors (Lipinski definition) is 1. The Morgan fingerprint density at radius 1 is 1.44 bits per heavy atom. The lowest BCUT2D eigenvalue weighted by Gasteiger charge is -2.18. The molecule has 0 amide bonds. The maximum Gasteiger partial charge on any atom is 0.273 e. The van der Waals surface area contributed by atoms with Gasteiger partial charge >= 0.3 is 0 Å². The maximum atomic E-state index is 12.3. The van der Waals surface area contributed by atoms with E-state index in [1.54, 1.807) is 0 Å². The van der Waals surface area contributed by atoms with Gasteiger partial charge in [0.2, 0.25) is 0 Å². The van der Waals surface area contributed by atoms with Crippen molar-refractivity contribution in [2.24, 2.45) is 0 Å². The Morgan fingerprint density at radius 3 is 2.00 bits per heavy atom. The lowest BCUT2D eigenvalue weighted by molar-refractivity contribution is -0.110. The van der Waals surface area contributed by atoms with Crippen LogP contribution in [0.25, 0.3) is 0 Å². The number of hydrogen-bond acceptors (Lipinski definition) is 1. The number of aliphatic hydroxyl groups excluding tert-OH is 1. The fraction of sp³-hybridized carbons (Fsp3) is 1.00. The van der Waals surface area contributed by atoms with Gasteiger partial charge in [0, 0.05) is 6.42 Å². The Balaban J connectivity index is 3.80. The normalized spacial score (nSPS) is 15.7. The van der Waals surface area contributed by atoms with E-state index in [0.717, 1.165) is 0 Å². The minimum absolute atomic E-state index is 0.112. The summed E-state index contributed by atoms with van der Waals surface area (Å²) in [6, 6.07) is 0. The molecule has 0 unspecified atom stereocenters. The molecule has 0 aliphatic rings. The van der Waals surface area contributed by atoms with Gasteiger partial charge < -0.3 is 5.11 Å². The molecular formula is C6H12F2O. The first-order valence-corrected chi connectivity index (χ1v) is 3.10. The maximum absolute atomic E-state index is 12.3. The van der Waals surface area contributed by atoms with Gasteiger partial charge in [0.25, 0.3) is 5.92 Å². The first-order valence-electron chi connectivity index (χ1n) is 3.10. The van der Waals surface area contributed by atoms with Crippen molar-refractivity contribution < 1.29 is 13.9 Å². The van der Waals surface area contributed by atoms with Crippen LogP contribution in [0.15, 0.2) is 0 Å². The van der Waals surface area contributed by atoms with E-state index in [2.05, 4.69) is 0 Å². The summed E-state index contributed by atoms with van der Waals surface area (Å²) in [7, 11) is 0. The van der Waals surface area contributed by atoms with E-state index in [9.17, 15) is 8.78 Å². The molecule has 3 heteroatoms. The van der Waals surface area contributed by atoms with Gasteiger partial charge in [-0.2, -0.15) is 0 Å². The molecule has 9 heavy (non-hydrogen) atoms. The predicted molar refractivity (Wildman–Crippen MR) is 31.5 cm³/mol. The van der Waals surface area contributed by atoms with Gasteiger partial charge in [0.1, 0.15) is 6.10 Å². The highest BCUT2D eigenvalue weighted by atomic mass is 19.3. The zero-order valence-corrected chi connectivity index (χ0v) is 5.69. The molecule has 0 heterocycles. The number of rotatable bonds is 3. The van der Waals surface area contributed by atoms with Gasteiger partial charge in [0.05, 0.1) is 0 Å². The molecule has 0 rings (SSSR count). The van der Waals surface area contributed by atoms with Gasteiger partial charge in [0.15, 0.2) is 0 Å². The largest absolute Gasteiger partial charge is 0.387 e. The number of aliphatic hydroxyl groups is 1. The molecule has 0 aromatic heterocycles. The molecule has 0 fully saturated rings. The fourth-order valence-electron chi connectivity index (χ4n) is 0.534. The van der Waals surface area contributed by atoms with Crippen molar-refractivity contribution in [2.75, 3.05) is 0 Å². The molecule has 1 nitrogen and oxygen atoms in total. The van der Waals surface area contributed by atoms with Crippen LogP contribution in [-0.2, 0) is 0 Å². The molecule has 0 saturated carbocycles. The van der Waals surface area contributed by atoms with Gasteiger partial charge in [-0.25, -0.2) is 8.78 Å². The highest BCUT2D eigenvalue weighted by molar-refractivity contribution is 4.72. The van der Waals surface area contributed by atoms with Crippen LogP contribution in [0, 0.1) is 0 Å². The molecule has 1 atom stereocenters. The van der Waals surface area contributed by atoms with Crippen LogP contribution in [-0.4, -0.2) is 17.1 Å². The molecule has 0 aliphatic carbocycles. The standard InChI is InChI=1S/C6H12F2O/c1-3-5(9)6(7,8)4-2/h5,9H,3-4H2,1-2H3/t5-/m0/s1. The van der Waals surface area contributed by atoms with Crippen LogP contribution >= 0.6 is 0 Å². The second-order valence-electron chi connectivity index (χ2n) is 2.04. The molecule has 0 radical (unpaired) electrons. The second kappa shape index (κ2) is 3.11. The van der Waals surface area contributed by atoms with E-state index < -0.39 is 12.0 Å². The third-order valence-electron chi connectivity index (χ3n) is 1.35. The quantitative estimate of drug-likeness (QED) is 0.630. The summed E-state index contributed by atoms with van der Waals surface area (Å²) in [5, 5.41) is 8.64. The molecule has 1 N–H and O–H groups in total. The molecule has 0 spiro atoms. The molecular weight excluding hydrogens is 126 g/mol. The summed E-state index contributed by atoms with van der Waals surface area (Å²) in [5.74, 6) is -2.89. The summed E-state index contributed by atoms with van der Waals surface area (Å²) in [4.78, 5) is 0. The van der Waals surface area contributed by atoms with Gasteiger partial charge in [-0.15, -0.1) is 0 Å². The van der Waals surface area contributed by atoms with Crippen molar-refractivity contribution in [3.05, 3.63) is 0 Å². The van der Waals surface area contributed by atoms with Gasteiger partial charge in [-0.05, 0) is 6.42 Å². The van der Waals surface area contributed by atoms with Crippen LogP contribution in [0.2, 0.25) is 0 Å². The second-order valence-corrected chi connectivity index (χ2v) is 2.04. The number of alkyl halides is 2. The number of halogens is 2. The van der Waals surface area contributed by atoms with Crippen molar-refractivity contribution in [3.63, 3.8) is 0 Å². The molecule has 0 saturated heterocycles. The zero-order valence-electron chi connectivity index (χ0n) is 5.69. The van der Waals surface area contributed by atoms with E-state index in [-0.39, 0.29) is 12.8 Å². The minimum atomic E-state index is -2.89. The van der Waals surface area contributed by atoms with E-state index in [1.165, 1.54) is 13.8 Å². The minimum Gasteiger partial charge on any atom is -0.387 e. The van der Waals surface area contributed by atoms with E-state index >= 15 is 0 Å². The Kier molecular flexibility index (Phi) is 3.04. The van der Waals surface area contributed by atoms with E-state index in [4.69, 9.17) is 5.11 Å². The average molecular weight is 138 g/mol. The monoisotopic (exact) mass is 138 g/mol. The van der Waals surface area contributed by atoms with E-state index in [1.807, 2.05) is 0 Å². The average Bonchev–Trinajstić information content (AvgIpc) is 1.86. The topological polar surface area (TPSA) is 20.2 Å². The predicted octanol–water partition coefficient (Wildman–Crippen LogP) is 1.80. The van der Waals surface area contributed by atoms with Crippen LogP contribution < -0.4 is 0 Å². The van der Waals surface area contributed by atoms with Gasteiger partial charge in [-0.1, -0.05) is 13.8 Å². The van der Waals surface area contributed by atoms with Crippen molar-refractivity contribution >= 4 is 0 Å². The fourth-order valence-corrected chi connectivity index (χ4v) is 0.534. The van der Waals surface area contributed by atoms with Crippen LogP contribution in [0.3, 0.4) is 0 Å². The third-order valence-corrected chi connectivity index (χ3v) is 1.35. The van der Waals surface area contributed by atoms with E-state index in [0.29, 0.717) is 0 Å². The molecule has 56 valence electrons. The van der Waals surface area contributed by atoms with Crippen molar-refractivity contribution in [1.29, 1.82) is 0 Å². The zero-order chi connectivity index (χ0) is 7.49. The molecule has 0 aromatic carbocycles. The van der Waals surface area contributed by atoms with Crippen LogP contribution in [0.1, 0.15) is 26.7 Å². The summed E-state index contributed by atoms with van der Waals surface area (Å²) in [5.41, 5.74) is 0. The lowest BCUT2D eigenvalue weighted by Crippen LogP contribution is -2.31. The highest BCUT2D eigenvalue weighted by Gasteiger charge is 2.34. The third kappa shape index (κ3) is 2.26. The SMILES string of the molecule is CC[C@H](O)C(F)(F)CC. The lowest BCUT2D eigenvalue weighted by atomic mass is 10.1. The van der Waals surface area contributed by atoms with Crippen molar-refractivity contribution in [3.8, 4) is 0 Å². The summed E-state index contributed by atoms with van der Waals surface area (Å²) in [6.07, 6.45) is -1.65. The summed E-state index contributed by atoms with van der Waals surface area (Å²) < 4.78 is 24.6. The van der Waals surface area contributed by atoms with Gasteiger partial charge in [-0.3, -0.25) is 0 Å². The van der Waals surface area contributed by atoms with Crippen molar-refractivity contribution in [1.82, 2.24) is 0 Å². The van der Waals surface area contributed by atoms with Crippen LogP contribution in [0.4, 0.5) is 8.78 Å². The van der Waals surface area contributed by atoms with Crippen molar-refractivity contribution in [2.45, 2.75) is 38.7 Å². The first kappa shape index (κ1) is 8.82. The smallest absolute Gasteiger partial charge is 0.273 e. The molecule has 0 aliphatic heterocycles. The highest BCUT2D eigenvalue weighted by Crippen LogP contribution is 2.23. The first-order chi connectivity index (χ1) is 4.04. The summed E-state index contributed by atoms with van der Waals surface area (Å²) >= 11 is 0. The molecule has 0 aromatic rings. The Hall–Kier alpha value is -0.180. The Bertz CT molecular complexity index is 83.1. The summed E-state index contributed by atoms with van der Waals surface area (Å²) in [6.45, 7) is 2.90. The van der Waals surface area contributed by atoms with Crippen LogP contribution in [0.5, 0.6) is 0 Å². The Labute approximate surface area is 53.7 Å². The Morgan fingerprint density at radius 2 is 1.89 bits per heavy atom.